The van der Waals surface area contributed by atoms with Crippen molar-refractivity contribution in [2.45, 2.75) is 64.1 Å². The van der Waals surface area contributed by atoms with Crippen molar-refractivity contribution in [2.24, 2.45) is 11.1 Å². The number of carboxylic acid groups (broad SMARTS) is 1. The molecule has 0 radical (unpaired) electrons. The zero-order valence-electron chi connectivity index (χ0n) is 15.9. The van der Waals surface area contributed by atoms with Crippen LogP contribution in [0.1, 0.15) is 52.9 Å². The molecule has 8 heteroatoms. The van der Waals surface area contributed by atoms with E-state index >= 15 is 0 Å². The summed E-state index contributed by atoms with van der Waals surface area (Å²) >= 11 is 0. The summed E-state index contributed by atoms with van der Waals surface area (Å²) in [5.74, 6) is -0.0417. The number of carboxylic acids is 1. The number of piperidine rings is 2. The fraction of sp³-hybridized carbons (Fsp3) is 0.833. The van der Waals surface area contributed by atoms with E-state index in [2.05, 4.69) is 10.1 Å². The van der Waals surface area contributed by atoms with Gasteiger partial charge < -0.3 is 24.5 Å². The third kappa shape index (κ3) is 4.22. The van der Waals surface area contributed by atoms with Crippen LogP contribution in [0.3, 0.4) is 0 Å². The Morgan fingerprint density at radius 3 is 2.35 bits per heavy atom. The molecule has 0 saturated carbocycles. The molecule has 26 heavy (non-hydrogen) atoms. The Kier molecular flexibility index (Phi) is 5.03. The first-order chi connectivity index (χ1) is 12.2. The minimum Gasteiger partial charge on any atom is -0.481 e. The van der Waals surface area contributed by atoms with Gasteiger partial charge in [0.2, 0.25) is 0 Å². The molecule has 3 rings (SSSR count). The molecule has 1 spiro atoms. The lowest BCUT2D eigenvalue weighted by Gasteiger charge is -2.38. The monoisotopic (exact) mass is 367 g/mol. The van der Waals surface area contributed by atoms with Gasteiger partial charge in [-0.25, -0.2) is 4.79 Å². The van der Waals surface area contributed by atoms with Crippen molar-refractivity contribution in [3.63, 3.8) is 0 Å². The van der Waals surface area contributed by atoms with Gasteiger partial charge in [-0.15, -0.1) is 0 Å². The van der Waals surface area contributed by atoms with E-state index in [1.165, 1.54) is 0 Å². The normalized spacial score (nSPS) is 23.6. The van der Waals surface area contributed by atoms with Gasteiger partial charge in [-0.2, -0.15) is 0 Å². The van der Waals surface area contributed by atoms with E-state index in [1.807, 2.05) is 20.8 Å². The summed E-state index contributed by atoms with van der Waals surface area (Å²) in [6, 6.07) is 0. The Hall–Kier alpha value is -1.99. The summed E-state index contributed by atoms with van der Waals surface area (Å²) in [7, 11) is 0. The third-order valence-electron chi connectivity index (χ3n) is 5.36. The molecule has 0 bridgehead atoms. The molecule has 0 unspecified atom stereocenters. The largest absolute Gasteiger partial charge is 0.481 e. The number of carbonyl (C=O) groups excluding carboxylic acids is 1. The number of rotatable bonds is 1. The van der Waals surface area contributed by atoms with Gasteiger partial charge in [0.15, 0.2) is 0 Å². The standard InChI is InChI=1S/C18H29N3O5/c1-17(2,3)25-16(24)21-10-6-18(7-11-21)12-14(19-26-18)20-8-4-13(5-9-20)15(22)23/h13H,4-12H2,1-3H3,(H,22,23). The highest BCUT2D eigenvalue weighted by Crippen LogP contribution is 2.36. The van der Waals surface area contributed by atoms with Gasteiger partial charge in [0.1, 0.15) is 17.0 Å². The first-order valence-electron chi connectivity index (χ1n) is 9.38. The van der Waals surface area contributed by atoms with Gasteiger partial charge >= 0.3 is 12.1 Å². The van der Waals surface area contributed by atoms with Crippen LogP contribution in [0.4, 0.5) is 4.79 Å². The fourth-order valence-electron chi connectivity index (χ4n) is 3.75. The predicted octanol–water partition coefficient (Wildman–Crippen LogP) is 2.29. The van der Waals surface area contributed by atoms with Gasteiger partial charge in [-0.05, 0) is 33.6 Å². The van der Waals surface area contributed by atoms with Crippen molar-refractivity contribution in [1.82, 2.24) is 9.80 Å². The Morgan fingerprint density at radius 1 is 1.19 bits per heavy atom. The first-order valence-corrected chi connectivity index (χ1v) is 9.38. The second-order valence-electron chi connectivity index (χ2n) is 8.53. The van der Waals surface area contributed by atoms with Gasteiger partial charge in [0.25, 0.3) is 0 Å². The summed E-state index contributed by atoms with van der Waals surface area (Å²) in [6.45, 7) is 8.20. The number of ether oxygens (including phenoxy) is 1. The average Bonchev–Trinajstić information content (AvgIpc) is 2.98. The Labute approximate surface area is 154 Å². The molecule has 1 amide bonds. The first kappa shape index (κ1) is 18.8. The van der Waals surface area contributed by atoms with Crippen LogP contribution in [0.25, 0.3) is 0 Å². The third-order valence-corrected chi connectivity index (χ3v) is 5.36. The number of carbonyl (C=O) groups is 2. The van der Waals surface area contributed by atoms with Crippen molar-refractivity contribution < 1.29 is 24.3 Å². The number of likely N-dealkylation sites (tertiary alicyclic amines) is 2. The van der Waals surface area contributed by atoms with Crippen LogP contribution < -0.4 is 0 Å². The molecule has 0 atom stereocenters. The zero-order valence-corrected chi connectivity index (χ0v) is 15.9. The van der Waals surface area contributed by atoms with E-state index < -0.39 is 11.6 Å². The van der Waals surface area contributed by atoms with E-state index in [0.717, 1.165) is 25.1 Å². The SMILES string of the molecule is CC(C)(C)OC(=O)N1CCC2(CC1)CC(N1CCC(C(=O)O)CC1)=NO2. The molecule has 8 nitrogen and oxygen atoms in total. The molecular weight excluding hydrogens is 338 g/mol. The topological polar surface area (TPSA) is 91.7 Å². The van der Waals surface area contributed by atoms with Gasteiger partial charge in [-0.1, -0.05) is 5.16 Å². The second-order valence-corrected chi connectivity index (χ2v) is 8.53. The highest BCUT2D eigenvalue weighted by molar-refractivity contribution is 5.84. The number of amides is 1. The number of aliphatic carboxylic acids is 1. The Bertz CT molecular complexity index is 582. The van der Waals surface area contributed by atoms with Crippen LogP contribution in [0.5, 0.6) is 0 Å². The number of amidine groups is 1. The van der Waals surface area contributed by atoms with Crippen molar-refractivity contribution in [2.75, 3.05) is 26.2 Å². The summed E-state index contributed by atoms with van der Waals surface area (Å²) in [5.41, 5.74) is -0.827. The molecule has 0 aromatic heterocycles. The van der Waals surface area contributed by atoms with E-state index in [1.54, 1.807) is 4.90 Å². The number of nitrogens with zero attached hydrogens (tertiary/aromatic N) is 3. The number of oxime groups is 1. The smallest absolute Gasteiger partial charge is 0.410 e. The maximum atomic E-state index is 12.2. The molecule has 0 aliphatic carbocycles. The van der Waals surface area contributed by atoms with Crippen molar-refractivity contribution in [3.8, 4) is 0 Å². The second kappa shape index (κ2) is 6.96. The highest BCUT2D eigenvalue weighted by Gasteiger charge is 2.45. The lowest BCUT2D eigenvalue weighted by Crippen LogP contribution is -2.49. The zero-order chi connectivity index (χ0) is 18.9. The van der Waals surface area contributed by atoms with Crippen LogP contribution in [-0.4, -0.2) is 70.2 Å². The lowest BCUT2D eigenvalue weighted by atomic mass is 9.87. The Morgan fingerprint density at radius 2 is 1.81 bits per heavy atom. The molecular formula is C18H29N3O5. The van der Waals surface area contributed by atoms with Crippen LogP contribution >= 0.6 is 0 Å². The molecule has 3 aliphatic rings. The molecule has 2 fully saturated rings. The van der Waals surface area contributed by atoms with Crippen LogP contribution in [0.2, 0.25) is 0 Å². The number of hydrogen-bond donors (Lipinski definition) is 1. The van der Waals surface area contributed by atoms with Crippen LogP contribution in [-0.2, 0) is 14.4 Å². The van der Waals surface area contributed by atoms with Crippen molar-refractivity contribution >= 4 is 17.9 Å². The maximum Gasteiger partial charge on any atom is 0.410 e. The molecule has 146 valence electrons. The van der Waals surface area contributed by atoms with Gasteiger partial charge in [-0.3, -0.25) is 4.79 Å². The van der Waals surface area contributed by atoms with E-state index in [9.17, 15) is 9.59 Å². The number of hydrogen-bond acceptors (Lipinski definition) is 6. The van der Waals surface area contributed by atoms with Gasteiger partial charge in [0, 0.05) is 39.0 Å². The minimum atomic E-state index is -0.708. The summed E-state index contributed by atoms with van der Waals surface area (Å²) in [5, 5.41) is 13.4. The van der Waals surface area contributed by atoms with Crippen LogP contribution in [0.15, 0.2) is 5.16 Å². The van der Waals surface area contributed by atoms with Crippen molar-refractivity contribution in [1.29, 1.82) is 0 Å². The maximum absolute atomic E-state index is 12.2. The van der Waals surface area contributed by atoms with Crippen LogP contribution in [0, 0.1) is 5.92 Å². The molecule has 3 aliphatic heterocycles. The van der Waals surface area contributed by atoms with E-state index in [-0.39, 0.29) is 17.6 Å². The van der Waals surface area contributed by atoms with E-state index in [0.29, 0.717) is 39.0 Å². The molecule has 3 heterocycles. The molecule has 2 saturated heterocycles. The molecule has 1 N–H and O–H groups in total. The quantitative estimate of drug-likeness (QED) is 0.764. The van der Waals surface area contributed by atoms with Gasteiger partial charge in [0.05, 0.1) is 12.3 Å². The summed E-state index contributed by atoms with van der Waals surface area (Å²) in [4.78, 5) is 33.0. The highest BCUT2D eigenvalue weighted by atomic mass is 16.7. The minimum absolute atomic E-state index is 0.250. The van der Waals surface area contributed by atoms with E-state index in [4.69, 9.17) is 14.7 Å². The molecule has 0 aromatic carbocycles. The summed E-state index contributed by atoms with van der Waals surface area (Å²) in [6.07, 6.45) is 3.20. The Balaban J connectivity index is 1.48. The van der Waals surface area contributed by atoms with Crippen molar-refractivity contribution in [3.05, 3.63) is 0 Å². The lowest BCUT2D eigenvalue weighted by molar-refractivity contribution is -0.143. The predicted molar refractivity (Wildman–Crippen MR) is 94.8 cm³/mol. The fourth-order valence-corrected chi connectivity index (χ4v) is 3.75. The average molecular weight is 367 g/mol. The molecule has 0 aromatic rings. The summed E-state index contributed by atoms with van der Waals surface area (Å²) < 4.78 is 5.44.